The fraction of sp³-hybridized carbons (Fsp3) is 0.640. The molecule has 1 amide bonds. The van der Waals surface area contributed by atoms with E-state index in [2.05, 4.69) is 34.1 Å². The molecular weight excluding hydrogens is 344 g/mol. The molecule has 1 N–H and O–H groups in total. The van der Waals surface area contributed by atoms with Gasteiger partial charge >= 0.3 is 0 Å². The lowest BCUT2D eigenvalue weighted by atomic mass is 9.53. The van der Waals surface area contributed by atoms with Gasteiger partial charge in [0.1, 0.15) is 0 Å². The molecule has 0 saturated heterocycles. The summed E-state index contributed by atoms with van der Waals surface area (Å²) < 4.78 is 2.46. The number of fused-ring (bicyclic) bond motifs is 3. The van der Waals surface area contributed by atoms with Crippen LogP contribution in [0.3, 0.4) is 0 Å². The number of hydrogen-bond donors (Lipinski definition) is 1. The third-order valence-corrected chi connectivity index (χ3v) is 8.29. The lowest BCUT2D eigenvalue weighted by molar-refractivity contribution is -0.127. The highest BCUT2D eigenvalue weighted by Crippen LogP contribution is 2.55. The normalized spacial score (nSPS) is 33.2. The van der Waals surface area contributed by atoms with E-state index in [0.717, 1.165) is 24.3 Å². The van der Waals surface area contributed by atoms with Gasteiger partial charge in [0.15, 0.2) is 0 Å². The molecule has 3 nitrogen and oxygen atoms in total. The van der Waals surface area contributed by atoms with Gasteiger partial charge in [0.25, 0.3) is 0 Å². The first-order valence-electron chi connectivity index (χ1n) is 11.6. The van der Waals surface area contributed by atoms with Crippen LogP contribution in [0.2, 0.25) is 0 Å². The van der Waals surface area contributed by atoms with Crippen molar-refractivity contribution in [2.75, 3.05) is 0 Å². The molecule has 7 rings (SSSR count). The Morgan fingerprint density at radius 2 is 1.68 bits per heavy atom. The molecule has 0 atom stereocenters. The number of rotatable bonds is 4. The quantitative estimate of drug-likeness (QED) is 0.801. The van der Waals surface area contributed by atoms with E-state index in [1.807, 2.05) is 0 Å². The molecule has 0 aliphatic heterocycles. The number of nitrogens with one attached hydrogen (secondary N) is 1. The highest BCUT2D eigenvalue weighted by atomic mass is 16.1. The fourth-order valence-corrected chi connectivity index (χ4v) is 7.68. The minimum atomic E-state index is 0.143. The van der Waals surface area contributed by atoms with Crippen molar-refractivity contribution < 1.29 is 4.79 Å². The molecule has 148 valence electrons. The number of hydrogen-bond acceptors (Lipinski definition) is 1. The topological polar surface area (TPSA) is 34.0 Å². The Balaban J connectivity index is 1.20. The van der Waals surface area contributed by atoms with Gasteiger partial charge in [-0.2, -0.15) is 0 Å². The summed E-state index contributed by atoms with van der Waals surface area (Å²) in [6.07, 6.45) is 13.6. The van der Waals surface area contributed by atoms with E-state index < -0.39 is 0 Å². The van der Waals surface area contributed by atoms with Gasteiger partial charge in [-0.3, -0.25) is 4.79 Å². The van der Waals surface area contributed by atoms with Crippen LogP contribution in [0.1, 0.15) is 69.0 Å². The van der Waals surface area contributed by atoms with Crippen molar-refractivity contribution in [3.8, 4) is 0 Å². The summed E-state index contributed by atoms with van der Waals surface area (Å²) >= 11 is 0. The van der Waals surface area contributed by atoms with Crippen molar-refractivity contribution in [1.29, 1.82) is 0 Å². The highest BCUT2D eigenvalue weighted by Gasteiger charge is 2.51. The van der Waals surface area contributed by atoms with Crippen LogP contribution >= 0.6 is 0 Å². The van der Waals surface area contributed by atoms with Gasteiger partial charge in [-0.15, -0.1) is 0 Å². The predicted octanol–water partition coefficient (Wildman–Crippen LogP) is 5.00. The fourth-order valence-electron chi connectivity index (χ4n) is 7.68. The third-order valence-electron chi connectivity index (χ3n) is 8.29. The van der Waals surface area contributed by atoms with E-state index in [1.54, 1.807) is 5.56 Å². The van der Waals surface area contributed by atoms with E-state index >= 15 is 0 Å². The van der Waals surface area contributed by atoms with Crippen LogP contribution in [0, 0.1) is 17.8 Å². The van der Waals surface area contributed by atoms with Crippen LogP contribution in [0.4, 0.5) is 0 Å². The first kappa shape index (κ1) is 17.1. The molecule has 4 saturated carbocycles. The van der Waals surface area contributed by atoms with E-state index in [9.17, 15) is 4.79 Å². The average molecular weight is 377 g/mol. The van der Waals surface area contributed by atoms with Crippen LogP contribution in [-0.4, -0.2) is 16.0 Å². The van der Waals surface area contributed by atoms with Crippen LogP contribution in [-0.2, 0) is 24.2 Å². The second kappa shape index (κ2) is 6.37. The molecule has 0 radical (unpaired) electrons. The third kappa shape index (κ3) is 2.73. The number of carbonyl (C=O) groups is 1. The zero-order valence-corrected chi connectivity index (χ0v) is 16.9. The maximum atomic E-state index is 13.0. The number of aryl methyl sites for hydroxylation is 2. The van der Waals surface area contributed by atoms with Gasteiger partial charge in [-0.25, -0.2) is 0 Å². The smallest absolute Gasteiger partial charge is 0.222 e. The van der Waals surface area contributed by atoms with Gasteiger partial charge in [-0.05, 0) is 93.6 Å². The standard InChI is InChI=1S/C25H32N2O/c28-24(26-25-14-17-11-18(15-25)13-19(12-17)16-25)9-10-27-22-7-3-1-5-20(22)21-6-2-4-8-23(21)27/h1,3,5,7,17-19H,2,4,6,8-16H2,(H,26,28). The number of amides is 1. The molecule has 1 aromatic carbocycles. The highest BCUT2D eigenvalue weighted by molar-refractivity contribution is 5.86. The molecule has 0 spiro atoms. The molecule has 2 aromatic rings. The Bertz CT molecular complexity index is 889. The maximum Gasteiger partial charge on any atom is 0.222 e. The minimum Gasteiger partial charge on any atom is -0.351 e. The average Bonchev–Trinajstić information content (AvgIpc) is 2.99. The molecule has 5 aliphatic rings. The maximum absolute atomic E-state index is 13.0. The van der Waals surface area contributed by atoms with E-state index in [4.69, 9.17) is 0 Å². The molecule has 4 fully saturated rings. The zero-order valence-electron chi connectivity index (χ0n) is 16.9. The van der Waals surface area contributed by atoms with Crippen LogP contribution in [0.25, 0.3) is 10.9 Å². The molecular formula is C25H32N2O. The summed E-state index contributed by atoms with van der Waals surface area (Å²) in [5.74, 6) is 2.93. The number of nitrogens with zero attached hydrogens (tertiary/aromatic N) is 1. The molecule has 1 heterocycles. The van der Waals surface area contributed by atoms with Crippen molar-refractivity contribution in [3.05, 3.63) is 35.5 Å². The van der Waals surface area contributed by atoms with Crippen molar-refractivity contribution >= 4 is 16.8 Å². The number of benzene rings is 1. The van der Waals surface area contributed by atoms with Crippen molar-refractivity contribution in [2.45, 2.75) is 82.7 Å². The Morgan fingerprint density at radius 1 is 1.00 bits per heavy atom. The Kier molecular flexibility index (Phi) is 3.89. The molecule has 3 heteroatoms. The lowest BCUT2D eigenvalue weighted by Crippen LogP contribution is -2.59. The summed E-state index contributed by atoms with van der Waals surface area (Å²) in [5, 5.41) is 4.98. The van der Waals surface area contributed by atoms with Crippen molar-refractivity contribution in [3.63, 3.8) is 0 Å². The molecule has 1 aromatic heterocycles. The van der Waals surface area contributed by atoms with Gasteiger partial charge < -0.3 is 9.88 Å². The number of aromatic nitrogens is 1. The Morgan fingerprint density at radius 3 is 2.43 bits per heavy atom. The Labute approximate surface area is 167 Å². The molecule has 5 aliphatic carbocycles. The summed E-state index contributed by atoms with van der Waals surface area (Å²) in [4.78, 5) is 13.0. The summed E-state index contributed by atoms with van der Waals surface area (Å²) in [5.41, 5.74) is 4.51. The zero-order chi connectivity index (χ0) is 18.7. The van der Waals surface area contributed by atoms with Crippen molar-refractivity contribution in [1.82, 2.24) is 9.88 Å². The Hall–Kier alpha value is -1.77. The van der Waals surface area contributed by atoms with Gasteiger partial charge in [0.05, 0.1) is 0 Å². The predicted molar refractivity (Wildman–Crippen MR) is 112 cm³/mol. The van der Waals surface area contributed by atoms with E-state index in [-0.39, 0.29) is 11.4 Å². The van der Waals surface area contributed by atoms with Crippen LogP contribution in [0.5, 0.6) is 0 Å². The van der Waals surface area contributed by atoms with Gasteiger partial charge in [0.2, 0.25) is 5.91 Å². The van der Waals surface area contributed by atoms with E-state index in [0.29, 0.717) is 6.42 Å². The SMILES string of the molecule is O=C(CCn1c2c(c3ccccc31)CCCC2)NC12CC3CC(CC(C3)C1)C2. The van der Waals surface area contributed by atoms with Gasteiger partial charge in [-0.1, -0.05) is 18.2 Å². The second-order valence-electron chi connectivity index (χ2n) is 10.3. The molecule has 28 heavy (non-hydrogen) atoms. The first-order chi connectivity index (χ1) is 13.7. The summed E-state index contributed by atoms with van der Waals surface area (Å²) in [7, 11) is 0. The molecule has 0 unspecified atom stereocenters. The summed E-state index contributed by atoms with van der Waals surface area (Å²) in [6.45, 7) is 0.827. The largest absolute Gasteiger partial charge is 0.351 e. The molecule has 4 bridgehead atoms. The monoisotopic (exact) mass is 376 g/mol. The minimum absolute atomic E-state index is 0.143. The van der Waals surface area contributed by atoms with Crippen LogP contribution in [0.15, 0.2) is 24.3 Å². The second-order valence-corrected chi connectivity index (χ2v) is 10.3. The van der Waals surface area contributed by atoms with Crippen molar-refractivity contribution in [2.24, 2.45) is 17.8 Å². The summed E-state index contributed by atoms with van der Waals surface area (Å²) in [6, 6.07) is 8.80. The van der Waals surface area contributed by atoms with Gasteiger partial charge in [0, 0.05) is 35.1 Å². The van der Waals surface area contributed by atoms with E-state index in [1.165, 1.54) is 80.8 Å². The number of carbonyl (C=O) groups excluding carboxylic acids is 1. The van der Waals surface area contributed by atoms with Crippen LogP contribution < -0.4 is 5.32 Å². The lowest BCUT2D eigenvalue weighted by Gasteiger charge is -2.56. The first-order valence-corrected chi connectivity index (χ1v) is 11.6. The number of para-hydroxylation sites is 1.